The Morgan fingerprint density at radius 3 is 1.18 bits per heavy atom. The van der Waals surface area contributed by atoms with Crippen LogP contribution in [0.25, 0.3) is 0 Å². The van der Waals surface area contributed by atoms with Gasteiger partial charge in [-0.3, -0.25) is 62.2 Å². The van der Waals surface area contributed by atoms with Crippen LogP contribution >= 0.6 is 0 Å². The summed E-state index contributed by atoms with van der Waals surface area (Å²) in [6.45, 7) is 0. The van der Waals surface area contributed by atoms with Crippen molar-refractivity contribution in [1.82, 2.24) is 10.9 Å². The van der Waals surface area contributed by atoms with Crippen LogP contribution in [0.15, 0.2) is 60.7 Å². The van der Waals surface area contributed by atoms with Crippen LogP contribution in [0.5, 0.6) is 0 Å². The van der Waals surface area contributed by atoms with Crippen LogP contribution in [0, 0.1) is 40.5 Å². The summed E-state index contributed by atoms with van der Waals surface area (Å²) in [4.78, 5) is 64.8. The van der Waals surface area contributed by atoms with Crippen LogP contribution < -0.4 is 32.3 Å². The number of nitrogens with zero attached hydrogens (tertiary/aromatic N) is 4. The van der Waals surface area contributed by atoms with E-state index >= 15 is 0 Å². The van der Waals surface area contributed by atoms with Crippen molar-refractivity contribution in [2.45, 2.75) is 0 Å². The number of hydrogen-bond acceptors (Lipinski definition) is 12. The largest absolute Gasteiger partial charge is 0.337 e. The van der Waals surface area contributed by atoms with Crippen molar-refractivity contribution in [3.63, 3.8) is 0 Å². The molecule has 3 aromatic rings. The lowest BCUT2D eigenvalue weighted by molar-refractivity contribution is -0.393. The second-order valence-electron chi connectivity index (χ2n) is 7.42. The summed E-state index contributed by atoms with van der Waals surface area (Å²) in [6.07, 6.45) is 0. The third kappa shape index (κ3) is 7.22. The molecule has 20 heteroatoms. The zero-order chi connectivity index (χ0) is 29.4. The van der Waals surface area contributed by atoms with E-state index in [9.17, 15) is 50.0 Å². The Balaban J connectivity index is 1.53. The quantitative estimate of drug-likeness (QED) is 0.154. The van der Waals surface area contributed by atoms with Crippen molar-refractivity contribution in [2.24, 2.45) is 0 Å². The smallest absolute Gasteiger partial charge is 0.307 e. The summed E-state index contributed by atoms with van der Waals surface area (Å²) in [6, 6.07) is 9.44. The molecular formula is C20H16N10O10. The number of nitro benzene ring substituents is 4. The van der Waals surface area contributed by atoms with Gasteiger partial charge in [0, 0.05) is 23.5 Å². The molecule has 40 heavy (non-hydrogen) atoms. The second-order valence-corrected chi connectivity index (χ2v) is 7.42. The van der Waals surface area contributed by atoms with Gasteiger partial charge in [0.25, 0.3) is 11.4 Å². The Bertz CT molecular complexity index is 1400. The highest BCUT2D eigenvalue weighted by atomic mass is 16.6. The molecule has 0 aliphatic rings. The van der Waals surface area contributed by atoms with E-state index in [1.54, 1.807) is 0 Å². The lowest BCUT2D eigenvalue weighted by atomic mass is 10.2. The van der Waals surface area contributed by atoms with Gasteiger partial charge in [-0.15, -0.1) is 0 Å². The molecule has 206 valence electrons. The Kier molecular flexibility index (Phi) is 8.46. The van der Waals surface area contributed by atoms with Crippen molar-refractivity contribution in [1.29, 1.82) is 0 Å². The third-order valence-electron chi connectivity index (χ3n) is 4.80. The zero-order valence-corrected chi connectivity index (χ0v) is 19.6. The molecule has 0 aliphatic carbocycles. The van der Waals surface area contributed by atoms with Gasteiger partial charge in [0.05, 0.1) is 31.8 Å². The fraction of sp³-hybridized carbons (Fsp3) is 0. The topological polar surface area (TPSA) is 279 Å². The molecule has 0 fully saturated rings. The molecule has 0 atom stereocenters. The molecule has 0 aliphatic heterocycles. The molecule has 0 heterocycles. The third-order valence-corrected chi connectivity index (χ3v) is 4.80. The van der Waals surface area contributed by atoms with E-state index < -0.39 is 54.5 Å². The number of hydrogen-bond donors (Lipinski definition) is 6. The molecule has 0 bridgehead atoms. The number of rotatable bonds is 10. The summed E-state index contributed by atoms with van der Waals surface area (Å²) >= 11 is 0. The first-order chi connectivity index (χ1) is 18.9. The molecule has 3 rings (SSSR count). The summed E-state index contributed by atoms with van der Waals surface area (Å²) in [5.74, 6) is 0. The van der Waals surface area contributed by atoms with E-state index in [1.165, 1.54) is 24.3 Å². The van der Waals surface area contributed by atoms with Crippen molar-refractivity contribution in [2.75, 3.05) is 21.5 Å². The van der Waals surface area contributed by atoms with E-state index in [-0.39, 0.29) is 22.7 Å². The van der Waals surface area contributed by atoms with Gasteiger partial charge < -0.3 is 10.6 Å². The summed E-state index contributed by atoms with van der Waals surface area (Å²) in [5.41, 5.74) is 6.65. The minimum Gasteiger partial charge on any atom is -0.307 e. The van der Waals surface area contributed by atoms with Crippen molar-refractivity contribution in [3.8, 4) is 0 Å². The molecule has 0 unspecified atom stereocenters. The molecule has 0 saturated carbocycles. The molecule has 0 spiro atoms. The standard InChI is InChI=1S/C20H16N10O10/c31-19(25-23-15-7-5-13(27(33)34)9-17(15)29(37)38)21-11-1-2-12(4-3-11)22-20(32)26-24-16-8-6-14(28(35)36)10-18(16)30(39)40/h1-10,23-24H,(H2,21,25,31)(H2,22,26,32). The predicted octanol–water partition coefficient (Wildman–Crippen LogP) is 3.62. The van der Waals surface area contributed by atoms with Crippen LogP contribution in [0.3, 0.4) is 0 Å². The number of carbonyl (C=O) groups is 2. The number of benzene rings is 3. The molecule has 3 aromatic carbocycles. The normalized spacial score (nSPS) is 10.0. The first kappa shape index (κ1) is 28.0. The van der Waals surface area contributed by atoms with Crippen LogP contribution in [-0.2, 0) is 0 Å². The number of amides is 4. The maximum absolute atomic E-state index is 12.1. The zero-order valence-electron chi connectivity index (χ0n) is 19.6. The SMILES string of the molecule is O=C(NNc1ccc([N+](=O)[O-])cc1[N+](=O)[O-])Nc1ccc(NC(=O)NNc2ccc([N+](=O)[O-])cc2[N+](=O)[O-])cc1. The van der Waals surface area contributed by atoms with Crippen LogP contribution in [0.1, 0.15) is 0 Å². The van der Waals surface area contributed by atoms with E-state index in [0.29, 0.717) is 0 Å². The number of nitrogens with one attached hydrogen (secondary N) is 6. The highest BCUT2D eigenvalue weighted by Crippen LogP contribution is 2.29. The van der Waals surface area contributed by atoms with Gasteiger partial charge in [-0.2, -0.15) is 0 Å². The summed E-state index contributed by atoms with van der Waals surface area (Å²) in [7, 11) is 0. The minimum atomic E-state index is -0.862. The first-order valence-electron chi connectivity index (χ1n) is 10.6. The van der Waals surface area contributed by atoms with Crippen molar-refractivity contribution >= 4 is 57.6 Å². The van der Waals surface area contributed by atoms with Crippen LogP contribution in [0.2, 0.25) is 0 Å². The lowest BCUT2D eigenvalue weighted by Crippen LogP contribution is -2.34. The van der Waals surface area contributed by atoms with Gasteiger partial charge in [-0.05, 0) is 36.4 Å². The van der Waals surface area contributed by atoms with Crippen LogP contribution in [-0.4, -0.2) is 31.8 Å². The highest BCUT2D eigenvalue weighted by molar-refractivity contribution is 5.92. The van der Waals surface area contributed by atoms with Crippen molar-refractivity contribution < 1.29 is 29.3 Å². The van der Waals surface area contributed by atoms with E-state index in [4.69, 9.17) is 0 Å². The maximum atomic E-state index is 12.1. The average Bonchev–Trinajstić information content (AvgIpc) is 2.91. The van der Waals surface area contributed by atoms with Crippen LogP contribution in [0.4, 0.5) is 55.1 Å². The fourth-order valence-electron chi connectivity index (χ4n) is 2.99. The van der Waals surface area contributed by atoms with E-state index in [2.05, 4.69) is 32.3 Å². The Labute approximate surface area is 220 Å². The Morgan fingerprint density at radius 1 is 0.525 bits per heavy atom. The van der Waals surface area contributed by atoms with Gasteiger partial charge in [-0.25, -0.2) is 9.59 Å². The number of anilines is 4. The molecule has 0 radical (unpaired) electrons. The summed E-state index contributed by atoms with van der Waals surface area (Å²) < 4.78 is 0. The Morgan fingerprint density at radius 2 is 0.875 bits per heavy atom. The summed E-state index contributed by atoms with van der Waals surface area (Å²) in [5, 5.41) is 48.7. The number of non-ortho nitro benzene ring substituents is 2. The number of hydrazine groups is 2. The number of nitro groups is 4. The number of urea groups is 2. The maximum Gasteiger partial charge on any atom is 0.337 e. The van der Waals surface area contributed by atoms with Gasteiger partial charge in [0.2, 0.25) is 0 Å². The van der Waals surface area contributed by atoms with E-state index in [0.717, 1.165) is 36.4 Å². The minimum absolute atomic E-state index is 0.205. The highest BCUT2D eigenvalue weighted by Gasteiger charge is 2.21. The van der Waals surface area contributed by atoms with Crippen molar-refractivity contribution in [3.05, 3.63) is 101 Å². The number of carbonyl (C=O) groups excluding carboxylic acids is 2. The molecular weight excluding hydrogens is 540 g/mol. The molecule has 20 nitrogen and oxygen atoms in total. The molecule has 0 saturated heterocycles. The monoisotopic (exact) mass is 556 g/mol. The average molecular weight is 556 g/mol. The lowest BCUT2D eigenvalue weighted by Gasteiger charge is -2.12. The van der Waals surface area contributed by atoms with Gasteiger partial charge in [0.1, 0.15) is 11.4 Å². The van der Waals surface area contributed by atoms with E-state index in [1.807, 2.05) is 0 Å². The molecule has 4 amide bonds. The predicted molar refractivity (Wildman–Crippen MR) is 137 cm³/mol. The molecule has 0 aromatic heterocycles. The Hall–Kier alpha value is -6.60. The fourth-order valence-corrected chi connectivity index (χ4v) is 2.99. The molecule has 6 N–H and O–H groups in total. The second kappa shape index (κ2) is 12.1. The first-order valence-corrected chi connectivity index (χ1v) is 10.6. The van der Waals surface area contributed by atoms with Gasteiger partial charge in [-0.1, -0.05) is 0 Å². The van der Waals surface area contributed by atoms with Gasteiger partial charge in [0.15, 0.2) is 0 Å². The van der Waals surface area contributed by atoms with Gasteiger partial charge >= 0.3 is 23.4 Å².